The van der Waals surface area contributed by atoms with Crippen LogP contribution in [0.1, 0.15) is 29.9 Å². The third-order valence-corrected chi connectivity index (χ3v) is 2.80. The van der Waals surface area contributed by atoms with E-state index in [1.54, 1.807) is 0 Å². The molecule has 0 heterocycles. The van der Waals surface area contributed by atoms with Gasteiger partial charge in [0.05, 0.1) is 6.07 Å². The van der Waals surface area contributed by atoms with Gasteiger partial charge in [-0.15, -0.1) is 0 Å². The quantitative estimate of drug-likeness (QED) is 0.750. The smallest absolute Gasteiger partial charge is 0.157 e. The Hall–Kier alpha value is -1.62. The number of hydrogen-bond donors (Lipinski definition) is 0. The van der Waals surface area contributed by atoms with Crippen molar-refractivity contribution in [1.82, 2.24) is 0 Å². The molecule has 1 atom stereocenters. The molecule has 2 rings (SSSR count). The van der Waals surface area contributed by atoms with E-state index in [4.69, 9.17) is 5.26 Å². The largest absolute Gasteiger partial charge is 0.298 e. The van der Waals surface area contributed by atoms with Crippen LogP contribution in [-0.2, 0) is 4.79 Å². The highest BCUT2D eigenvalue weighted by Crippen LogP contribution is 2.35. The van der Waals surface area contributed by atoms with Gasteiger partial charge in [0.1, 0.15) is 5.92 Å². The summed E-state index contributed by atoms with van der Waals surface area (Å²) in [7, 11) is 0. The lowest BCUT2D eigenvalue weighted by Gasteiger charge is -2.07. The number of rotatable bonds is 3. The molecule has 76 valence electrons. The monoisotopic (exact) mass is 199 g/mol. The third-order valence-electron chi connectivity index (χ3n) is 2.80. The summed E-state index contributed by atoms with van der Waals surface area (Å²) in [4.78, 5) is 11.8. The van der Waals surface area contributed by atoms with Gasteiger partial charge in [-0.25, -0.2) is 0 Å². The first-order valence-electron chi connectivity index (χ1n) is 5.22. The lowest BCUT2D eigenvalue weighted by molar-refractivity contribution is -0.120. The maximum Gasteiger partial charge on any atom is 0.157 e. The van der Waals surface area contributed by atoms with Gasteiger partial charge in [0.25, 0.3) is 0 Å². The molecule has 2 heteroatoms. The summed E-state index contributed by atoms with van der Waals surface area (Å²) in [5.74, 6) is -0.310. The minimum atomic E-state index is -0.557. The van der Waals surface area contributed by atoms with Crippen LogP contribution in [0.15, 0.2) is 24.3 Å². The molecule has 1 fully saturated rings. The van der Waals surface area contributed by atoms with Crippen molar-refractivity contribution in [1.29, 1.82) is 5.26 Å². The van der Waals surface area contributed by atoms with Gasteiger partial charge in [-0.3, -0.25) is 4.79 Å². The highest BCUT2D eigenvalue weighted by Gasteiger charge is 2.35. The topological polar surface area (TPSA) is 40.9 Å². The first kappa shape index (κ1) is 9.92. The average Bonchev–Trinajstić information content (AvgIpc) is 3.05. The zero-order chi connectivity index (χ0) is 10.8. The molecule has 0 unspecified atom stereocenters. The summed E-state index contributed by atoms with van der Waals surface area (Å²) in [6.07, 6.45) is 1.92. The molecule has 0 radical (unpaired) electrons. The molecule has 0 saturated heterocycles. The maximum absolute atomic E-state index is 11.8. The average molecular weight is 199 g/mol. The predicted octanol–water partition coefficient (Wildman–Crippen LogP) is 2.58. The van der Waals surface area contributed by atoms with E-state index in [1.165, 1.54) is 0 Å². The van der Waals surface area contributed by atoms with E-state index in [1.807, 2.05) is 31.2 Å². The van der Waals surface area contributed by atoms with Crippen molar-refractivity contribution in [3.63, 3.8) is 0 Å². The van der Waals surface area contributed by atoms with Gasteiger partial charge >= 0.3 is 0 Å². The van der Waals surface area contributed by atoms with E-state index in [-0.39, 0.29) is 11.7 Å². The Labute approximate surface area is 89.5 Å². The van der Waals surface area contributed by atoms with Gasteiger partial charge in [-0.1, -0.05) is 29.8 Å². The Morgan fingerprint density at radius 2 is 2.00 bits per heavy atom. The van der Waals surface area contributed by atoms with E-state index in [0.29, 0.717) is 0 Å². The number of nitriles is 1. The molecule has 1 saturated carbocycles. The molecule has 2 nitrogen and oxygen atoms in total. The maximum atomic E-state index is 11.8. The van der Waals surface area contributed by atoms with Crippen molar-refractivity contribution in [2.45, 2.75) is 25.7 Å². The number of hydrogen-bond acceptors (Lipinski definition) is 2. The summed E-state index contributed by atoms with van der Waals surface area (Å²) in [5, 5.41) is 9.03. The van der Waals surface area contributed by atoms with Crippen molar-refractivity contribution < 1.29 is 4.79 Å². The number of Topliss-reactive ketones (excluding diaryl/α,β-unsaturated/α-hetero) is 1. The van der Waals surface area contributed by atoms with Crippen LogP contribution in [0.25, 0.3) is 0 Å². The predicted molar refractivity (Wildman–Crippen MR) is 57.3 cm³/mol. The highest BCUT2D eigenvalue weighted by atomic mass is 16.1. The van der Waals surface area contributed by atoms with Crippen LogP contribution in [0.2, 0.25) is 0 Å². The van der Waals surface area contributed by atoms with Crippen LogP contribution < -0.4 is 0 Å². The summed E-state index contributed by atoms with van der Waals surface area (Å²) < 4.78 is 0. The molecular formula is C13H13NO. The lowest BCUT2D eigenvalue weighted by atomic mass is 9.93. The Kier molecular flexibility index (Phi) is 2.55. The van der Waals surface area contributed by atoms with Crippen LogP contribution in [0.5, 0.6) is 0 Å². The first-order chi connectivity index (χ1) is 7.22. The van der Waals surface area contributed by atoms with E-state index in [0.717, 1.165) is 24.0 Å². The molecule has 1 aromatic carbocycles. The lowest BCUT2D eigenvalue weighted by Crippen LogP contribution is -2.12. The van der Waals surface area contributed by atoms with E-state index in [9.17, 15) is 4.79 Å². The Morgan fingerprint density at radius 3 is 2.47 bits per heavy atom. The summed E-state index contributed by atoms with van der Waals surface area (Å²) >= 11 is 0. The first-order valence-corrected chi connectivity index (χ1v) is 5.22. The Bertz CT molecular complexity index is 409. The van der Waals surface area contributed by atoms with Crippen LogP contribution in [0.4, 0.5) is 0 Å². The molecule has 0 aromatic heterocycles. The molecule has 0 spiro atoms. The number of benzene rings is 1. The van der Waals surface area contributed by atoms with Crippen molar-refractivity contribution in [3.8, 4) is 6.07 Å². The summed E-state index contributed by atoms with van der Waals surface area (Å²) in [6.45, 7) is 1.99. The van der Waals surface area contributed by atoms with Crippen molar-refractivity contribution in [3.05, 3.63) is 35.4 Å². The summed E-state index contributed by atoms with van der Waals surface area (Å²) in [5.41, 5.74) is 1.98. The molecule has 1 aliphatic carbocycles. The number of ketones is 1. The van der Waals surface area contributed by atoms with E-state index >= 15 is 0 Å². The van der Waals surface area contributed by atoms with Crippen LogP contribution in [0, 0.1) is 24.2 Å². The molecule has 0 N–H and O–H groups in total. The van der Waals surface area contributed by atoms with E-state index in [2.05, 4.69) is 6.07 Å². The molecule has 15 heavy (non-hydrogen) atoms. The molecule has 0 bridgehead atoms. The van der Waals surface area contributed by atoms with Gasteiger partial charge in [-0.05, 0) is 25.3 Å². The van der Waals surface area contributed by atoms with Crippen LogP contribution >= 0.6 is 0 Å². The minimum absolute atomic E-state index is 0.0985. The molecule has 1 aliphatic rings. The standard InChI is InChI=1S/C13H13NO/c1-9-2-4-10(5-3-9)12(8-14)13(15)11-6-7-11/h2-5,11-12H,6-7H2,1H3/t12-/m0/s1. The van der Waals surface area contributed by atoms with Gasteiger partial charge in [-0.2, -0.15) is 5.26 Å². The molecule has 0 amide bonds. The molecule has 1 aromatic rings. The third kappa shape index (κ3) is 2.07. The second-order valence-electron chi connectivity index (χ2n) is 4.15. The van der Waals surface area contributed by atoms with Crippen molar-refractivity contribution in [2.24, 2.45) is 5.92 Å². The normalized spacial score (nSPS) is 16.8. The molecule has 0 aliphatic heterocycles. The number of aryl methyl sites for hydroxylation is 1. The summed E-state index contributed by atoms with van der Waals surface area (Å²) in [6, 6.07) is 9.75. The Balaban J connectivity index is 2.23. The van der Waals surface area contributed by atoms with Crippen LogP contribution in [-0.4, -0.2) is 5.78 Å². The fourth-order valence-corrected chi connectivity index (χ4v) is 1.66. The number of nitrogens with zero attached hydrogens (tertiary/aromatic N) is 1. The zero-order valence-corrected chi connectivity index (χ0v) is 8.73. The number of carbonyl (C=O) groups is 1. The van der Waals surface area contributed by atoms with E-state index < -0.39 is 5.92 Å². The van der Waals surface area contributed by atoms with Crippen LogP contribution in [0.3, 0.4) is 0 Å². The SMILES string of the molecule is Cc1ccc([C@H](C#N)C(=O)C2CC2)cc1. The minimum Gasteiger partial charge on any atom is -0.298 e. The fraction of sp³-hybridized carbons (Fsp3) is 0.385. The van der Waals surface area contributed by atoms with Crippen molar-refractivity contribution >= 4 is 5.78 Å². The second-order valence-corrected chi connectivity index (χ2v) is 4.15. The van der Waals surface area contributed by atoms with Crippen molar-refractivity contribution in [2.75, 3.05) is 0 Å². The van der Waals surface area contributed by atoms with Gasteiger partial charge in [0.2, 0.25) is 0 Å². The van der Waals surface area contributed by atoms with Gasteiger partial charge in [0, 0.05) is 5.92 Å². The fourth-order valence-electron chi connectivity index (χ4n) is 1.66. The molecular weight excluding hydrogens is 186 g/mol. The number of carbonyl (C=O) groups excluding carboxylic acids is 1. The highest BCUT2D eigenvalue weighted by molar-refractivity contribution is 5.92. The zero-order valence-electron chi connectivity index (χ0n) is 8.73. The second kappa shape index (κ2) is 3.86. The van der Waals surface area contributed by atoms with Gasteiger partial charge < -0.3 is 0 Å². The Morgan fingerprint density at radius 1 is 1.40 bits per heavy atom. The van der Waals surface area contributed by atoms with Gasteiger partial charge in [0.15, 0.2) is 5.78 Å².